The highest BCUT2D eigenvalue weighted by Gasteiger charge is 2.17. The molecule has 0 bridgehead atoms. The standard InChI is InChI=1S/C15H23N5/c1-5-12-9-17-7-6-13(12)14(16-4)8-15-18-10-19-20(15)11(2)3/h6-7,9-11,14,16H,5,8H2,1-4H3. The van der Waals surface area contributed by atoms with Gasteiger partial charge in [0.2, 0.25) is 0 Å². The van der Waals surface area contributed by atoms with Gasteiger partial charge in [-0.25, -0.2) is 9.67 Å². The molecule has 0 saturated carbocycles. The molecule has 2 heterocycles. The second kappa shape index (κ2) is 6.61. The van der Waals surface area contributed by atoms with Gasteiger partial charge in [-0.05, 0) is 44.5 Å². The smallest absolute Gasteiger partial charge is 0.138 e. The fourth-order valence-electron chi connectivity index (χ4n) is 2.47. The molecular formula is C15H23N5. The Morgan fingerprint density at radius 1 is 1.35 bits per heavy atom. The van der Waals surface area contributed by atoms with E-state index in [1.165, 1.54) is 11.1 Å². The van der Waals surface area contributed by atoms with Crippen molar-refractivity contribution in [3.8, 4) is 0 Å². The number of hydrogen-bond acceptors (Lipinski definition) is 4. The third-order valence-electron chi connectivity index (χ3n) is 3.57. The normalized spacial score (nSPS) is 12.8. The van der Waals surface area contributed by atoms with Crippen molar-refractivity contribution in [1.29, 1.82) is 0 Å². The molecule has 0 aliphatic heterocycles. The summed E-state index contributed by atoms with van der Waals surface area (Å²) in [6.07, 6.45) is 7.25. The highest BCUT2D eigenvalue weighted by atomic mass is 15.3. The summed E-state index contributed by atoms with van der Waals surface area (Å²) >= 11 is 0. The summed E-state index contributed by atoms with van der Waals surface area (Å²) in [7, 11) is 1.99. The van der Waals surface area contributed by atoms with E-state index in [9.17, 15) is 0 Å². The third kappa shape index (κ3) is 3.04. The minimum Gasteiger partial charge on any atom is -0.313 e. The number of rotatable bonds is 6. The molecule has 2 aromatic rings. The van der Waals surface area contributed by atoms with Crippen molar-refractivity contribution in [1.82, 2.24) is 25.1 Å². The first-order chi connectivity index (χ1) is 9.67. The summed E-state index contributed by atoms with van der Waals surface area (Å²) in [6.45, 7) is 6.40. The van der Waals surface area contributed by atoms with Gasteiger partial charge in [0.25, 0.3) is 0 Å². The highest BCUT2D eigenvalue weighted by Crippen LogP contribution is 2.21. The van der Waals surface area contributed by atoms with Crippen molar-refractivity contribution < 1.29 is 0 Å². The lowest BCUT2D eigenvalue weighted by atomic mass is 9.98. The number of nitrogens with one attached hydrogen (secondary N) is 1. The quantitative estimate of drug-likeness (QED) is 0.877. The first kappa shape index (κ1) is 14.7. The highest BCUT2D eigenvalue weighted by molar-refractivity contribution is 5.27. The molecule has 0 aliphatic carbocycles. The van der Waals surface area contributed by atoms with Gasteiger partial charge in [0.15, 0.2) is 0 Å². The van der Waals surface area contributed by atoms with Gasteiger partial charge < -0.3 is 5.32 Å². The average molecular weight is 273 g/mol. The van der Waals surface area contributed by atoms with Gasteiger partial charge in [-0.2, -0.15) is 5.10 Å². The molecule has 0 spiro atoms. The van der Waals surface area contributed by atoms with Crippen molar-refractivity contribution in [2.45, 2.75) is 45.7 Å². The molecule has 2 aromatic heterocycles. The van der Waals surface area contributed by atoms with Crippen LogP contribution < -0.4 is 5.32 Å². The van der Waals surface area contributed by atoms with Crippen LogP contribution in [-0.4, -0.2) is 26.8 Å². The Balaban J connectivity index is 2.27. The zero-order valence-electron chi connectivity index (χ0n) is 12.7. The van der Waals surface area contributed by atoms with Crippen molar-refractivity contribution >= 4 is 0 Å². The summed E-state index contributed by atoms with van der Waals surface area (Å²) in [4.78, 5) is 8.62. The Hall–Kier alpha value is -1.75. The molecule has 20 heavy (non-hydrogen) atoms. The van der Waals surface area contributed by atoms with E-state index < -0.39 is 0 Å². The molecule has 0 saturated heterocycles. The van der Waals surface area contributed by atoms with Gasteiger partial charge in [0.1, 0.15) is 12.2 Å². The molecule has 2 rings (SSSR count). The number of likely N-dealkylation sites (N-methyl/N-ethyl adjacent to an activating group) is 1. The molecular weight excluding hydrogens is 250 g/mol. The van der Waals surface area contributed by atoms with Crippen LogP contribution in [0.4, 0.5) is 0 Å². The van der Waals surface area contributed by atoms with Gasteiger partial charge in [0.05, 0.1) is 0 Å². The zero-order valence-corrected chi connectivity index (χ0v) is 12.7. The summed E-state index contributed by atoms with van der Waals surface area (Å²) in [5.41, 5.74) is 2.57. The molecule has 0 aromatic carbocycles. The van der Waals surface area contributed by atoms with Gasteiger partial charge in [-0.3, -0.25) is 4.98 Å². The molecule has 0 radical (unpaired) electrons. The van der Waals surface area contributed by atoms with Crippen LogP contribution in [-0.2, 0) is 12.8 Å². The second-order valence-corrected chi connectivity index (χ2v) is 5.19. The van der Waals surface area contributed by atoms with Crippen molar-refractivity contribution in [3.05, 3.63) is 41.7 Å². The average Bonchev–Trinajstić information content (AvgIpc) is 2.93. The van der Waals surface area contributed by atoms with Crippen LogP contribution in [0.3, 0.4) is 0 Å². The van der Waals surface area contributed by atoms with Crippen LogP contribution in [0.1, 0.15) is 49.8 Å². The SMILES string of the molecule is CCc1cnccc1C(Cc1ncnn1C(C)C)NC. The largest absolute Gasteiger partial charge is 0.313 e. The van der Waals surface area contributed by atoms with E-state index in [0.717, 1.165) is 18.7 Å². The second-order valence-electron chi connectivity index (χ2n) is 5.19. The monoisotopic (exact) mass is 273 g/mol. The van der Waals surface area contributed by atoms with Crippen molar-refractivity contribution in [2.75, 3.05) is 7.05 Å². The van der Waals surface area contributed by atoms with E-state index in [0.29, 0.717) is 6.04 Å². The lowest BCUT2D eigenvalue weighted by Crippen LogP contribution is -2.23. The molecule has 5 nitrogen and oxygen atoms in total. The minimum atomic E-state index is 0.231. The lowest BCUT2D eigenvalue weighted by Gasteiger charge is -2.20. The molecule has 0 amide bonds. The predicted octanol–water partition coefficient (Wildman–Crippen LogP) is 2.32. The topological polar surface area (TPSA) is 55.6 Å². The number of aryl methyl sites for hydroxylation is 1. The first-order valence-corrected chi connectivity index (χ1v) is 7.15. The number of nitrogens with zero attached hydrogens (tertiary/aromatic N) is 4. The Morgan fingerprint density at radius 3 is 2.80 bits per heavy atom. The Labute approximate surface area is 120 Å². The summed E-state index contributed by atoms with van der Waals surface area (Å²) in [5, 5.41) is 7.69. The van der Waals surface area contributed by atoms with E-state index >= 15 is 0 Å². The molecule has 5 heteroatoms. The molecule has 108 valence electrons. The van der Waals surface area contributed by atoms with Crippen molar-refractivity contribution in [2.24, 2.45) is 0 Å². The molecule has 1 atom stereocenters. The zero-order chi connectivity index (χ0) is 14.5. The lowest BCUT2D eigenvalue weighted by molar-refractivity contribution is 0.476. The minimum absolute atomic E-state index is 0.231. The van der Waals surface area contributed by atoms with Crippen LogP contribution in [0.15, 0.2) is 24.8 Å². The number of aromatic nitrogens is 4. The van der Waals surface area contributed by atoms with E-state index in [-0.39, 0.29) is 6.04 Å². The van der Waals surface area contributed by atoms with Crippen molar-refractivity contribution in [3.63, 3.8) is 0 Å². The summed E-state index contributed by atoms with van der Waals surface area (Å²) in [6, 6.07) is 2.65. The van der Waals surface area contributed by atoms with E-state index in [4.69, 9.17) is 0 Å². The van der Waals surface area contributed by atoms with E-state index in [1.807, 2.05) is 24.1 Å². The van der Waals surface area contributed by atoms with Crippen LogP contribution >= 0.6 is 0 Å². The fraction of sp³-hybridized carbons (Fsp3) is 0.533. The number of hydrogen-bond donors (Lipinski definition) is 1. The Kier molecular flexibility index (Phi) is 4.84. The Morgan fingerprint density at radius 2 is 2.15 bits per heavy atom. The van der Waals surface area contributed by atoms with Gasteiger partial charge >= 0.3 is 0 Å². The van der Waals surface area contributed by atoms with Gasteiger partial charge in [-0.1, -0.05) is 6.92 Å². The van der Waals surface area contributed by atoms with Crippen LogP contribution in [0.25, 0.3) is 0 Å². The maximum Gasteiger partial charge on any atom is 0.138 e. The molecule has 0 aliphatic rings. The Bertz CT molecular complexity index is 547. The predicted molar refractivity (Wildman–Crippen MR) is 79.5 cm³/mol. The van der Waals surface area contributed by atoms with Crippen LogP contribution in [0, 0.1) is 0 Å². The van der Waals surface area contributed by atoms with E-state index in [2.05, 4.69) is 47.2 Å². The first-order valence-electron chi connectivity index (χ1n) is 7.15. The summed E-state index contributed by atoms with van der Waals surface area (Å²) in [5.74, 6) is 1.01. The molecule has 1 unspecified atom stereocenters. The fourth-order valence-corrected chi connectivity index (χ4v) is 2.47. The third-order valence-corrected chi connectivity index (χ3v) is 3.57. The van der Waals surface area contributed by atoms with Gasteiger partial charge in [0, 0.05) is 30.9 Å². The maximum absolute atomic E-state index is 4.40. The number of pyridine rings is 1. The van der Waals surface area contributed by atoms with E-state index in [1.54, 1.807) is 6.33 Å². The summed E-state index contributed by atoms with van der Waals surface area (Å²) < 4.78 is 1.98. The maximum atomic E-state index is 4.40. The molecule has 0 fully saturated rings. The van der Waals surface area contributed by atoms with Crippen LogP contribution in [0.2, 0.25) is 0 Å². The van der Waals surface area contributed by atoms with Gasteiger partial charge in [-0.15, -0.1) is 0 Å². The molecule has 1 N–H and O–H groups in total. The van der Waals surface area contributed by atoms with Crippen LogP contribution in [0.5, 0.6) is 0 Å².